The van der Waals surface area contributed by atoms with Crippen molar-refractivity contribution in [1.29, 1.82) is 0 Å². The first-order valence-corrected chi connectivity index (χ1v) is 10.00. The summed E-state index contributed by atoms with van der Waals surface area (Å²) >= 11 is 0. The molecule has 0 atom stereocenters. The smallest absolute Gasteiger partial charge is 0.253 e. The van der Waals surface area contributed by atoms with Gasteiger partial charge in [-0.25, -0.2) is 4.99 Å². The summed E-state index contributed by atoms with van der Waals surface area (Å²) in [6.45, 7) is 13.6. The molecule has 2 rings (SSSR count). The number of piperidine rings is 1. The highest BCUT2D eigenvalue weighted by molar-refractivity contribution is 14.0. The Morgan fingerprint density at radius 3 is 2.26 bits per heavy atom. The molecule has 1 aromatic rings. The highest BCUT2D eigenvalue weighted by atomic mass is 127. The zero-order valence-electron chi connectivity index (χ0n) is 17.2. The molecule has 0 unspecified atom stereocenters. The van der Waals surface area contributed by atoms with Crippen molar-refractivity contribution in [2.24, 2.45) is 10.9 Å². The molecule has 0 saturated carbocycles. The lowest BCUT2D eigenvalue weighted by Gasteiger charge is -2.33. The van der Waals surface area contributed by atoms with Crippen LogP contribution >= 0.6 is 24.0 Å². The van der Waals surface area contributed by atoms with Crippen LogP contribution in [0.5, 0.6) is 0 Å². The maximum atomic E-state index is 12.4. The van der Waals surface area contributed by atoms with Crippen LogP contribution in [0.1, 0.15) is 56.5 Å². The molecule has 1 fully saturated rings. The molecule has 0 radical (unpaired) electrons. The first-order valence-electron chi connectivity index (χ1n) is 10.00. The van der Waals surface area contributed by atoms with Crippen LogP contribution in [0.15, 0.2) is 29.3 Å². The van der Waals surface area contributed by atoms with Gasteiger partial charge in [0.1, 0.15) is 0 Å². The Morgan fingerprint density at radius 1 is 1.15 bits per heavy atom. The van der Waals surface area contributed by atoms with E-state index < -0.39 is 0 Å². The van der Waals surface area contributed by atoms with Gasteiger partial charge in [-0.1, -0.05) is 19.1 Å². The first-order chi connectivity index (χ1) is 12.6. The fraction of sp³-hybridized carbons (Fsp3) is 0.619. The van der Waals surface area contributed by atoms with Gasteiger partial charge in [-0.05, 0) is 57.2 Å². The van der Waals surface area contributed by atoms with Crippen molar-refractivity contribution >= 4 is 35.8 Å². The van der Waals surface area contributed by atoms with E-state index in [1.807, 2.05) is 43.0 Å². The number of hydrogen-bond donors (Lipinski definition) is 1. The van der Waals surface area contributed by atoms with Crippen LogP contribution in [0.25, 0.3) is 0 Å². The Balaban J connectivity index is 0.00000364. The summed E-state index contributed by atoms with van der Waals surface area (Å²) < 4.78 is 0. The van der Waals surface area contributed by atoms with Crippen molar-refractivity contribution in [3.8, 4) is 0 Å². The van der Waals surface area contributed by atoms with E-state index in [1.54, 1.807) is 0 Å². The predicted octanol–water partition coefficient (Wildman–Crippen LogP) is 3.98. The minimum absolute atomic E-state index is 0. The van der Waals surface area contributed by atoms with Crippen molar-refractivity contribution in [3.63, 3.8) is 0 Å². The van der Waals surface area contributed by atoms with Crippen molar-refractivity contribution in [3.05, 3.63) is 35.4 Å². The maximum Gasteiger partial charge on any atom is 0.253 e. The summed E-state index contributed by atoms with van der Waals surface area (Å²) in [5, 5.41) is 3.41. The third-order valence-corrected chi connectivity index (χ3v) is 5.08. The molecule has 1 aliphatic rings. The second kappa shape index (κ2) is 12.2. The molecule has 0 aliphatic carbocycles. The molecule has 6 heteroatoms. The molecule has 1 aromatic carbocycles. The second-order valence-corrected chi connectivity index (χ2v) is 7.01. The zero-order chi connectivity index (χ0) is 18.9. The summed E-state index contributed by atoms with van der Waals surface area (Å²) in [6.07, 6.45) is 2.46. The lowest BCUT2D eigenvalue weighted by Crippen LogP contribution is -2.45. The Kier molecular flexibility index (Phi) is 10.7. The van der Waals surface area contributed by atoms with Gasteiger partial charge in [0.2, 0.25) is 0 Å². The Morgan fingerprint density at radius 2 is 1.74 bits per heavy atom. The molecule has 0 bridgehead atoms. The van der Waals surface area contributed by atoms with Gasteiger partial charge in [0.15, 0.2) is 5.96 Å². The largest absolute Gasteiger partial charge is 0.357 e. The van der Waals surface area contributed by atoms with Crippen LogP contribution in [0, 0.1) is 5.92 Å². The topological polar surface area (TPSA) is 47.9 Å². The molecule has 0 spiro atoms. The average molecular weight is 486 g/mol. The Bertz CT molecular complexity index is 591. The molecular weight excluding hydrogens is 451 g/mol. The molecular formula is C21H35IN4O. The quantitative estimate of drug-likeness (QED) is 0.376. The molecule has 5 nitrogen and oxygen atoms in total. The Labute approximate surface area is 181 Å². The van der Waals surface area contributed by atoms with Crippen LogP contribution in [-0.4, -0.2) is 54.4 Å². The van der Waals surface area contributed by atoms with Crippen LogP contribution in [0.4, 0.5) is 0 Å². The highest BCUT2D eigenvalue weighted by Gasteiger charge is 2.18. The van der Waals surface area contributed by atoms with Gasteiger partial charge in [0.05, 0.1) is 6.54 Å². The SMILES string of the molecule is CCNC(=NCc1ccc(C(=O)N(CC)CC)cc1)N1CCC(C)CC1.I. The van der Waals surface area contributed by atoms with Gasteiger partial charge in [-0.15, -0.1) is 24.0 Å². The van der Waals surface area contributed by atoms with Crippen molar-refractivity contribution in [2.75, 3.05) is 32.7 Å². The van der Waals surface area contributed by atoms with Gasteiger partial charge < -0.3 is 15.1 Å². The van der Waals surface area contributed by atoms with Crippen molar-refractivity contribution < 1.29 is 4.79 Å². The molecule has 152 valence electrons. The summed E-state index contributed by atoms with van der Waals surface area (Å²) in [4.78, 5) is 21.4. The molecule has 1 N–H and O–H groups in total. The number of likely N-dealkylation sites (tertiary alicyclic amines) is 1. The number of rotatable bonds is 6. The molecule has 1 amide bonds. The number of amides is 1. The van der Waals surface area contributed by atoms with E-state index in [1.165, 1.54) is 12.8 Å². The number of nitrogens with zero attached hydrogens (tertiary/aromatic N) is 3. The molecule has 1 saturated heterocycles. The molecule has 0 aromatic heterocycles. The minimum Gasteiger partial charge on any atom is -0.357 e. The fourth-order valence-electron chi connectivity index (χ4n) is 3.26. The van der Waals surface area contributed by atoms with Crippen molar-refractivity contribution in [2.45, 2.75) is 47.1 Å². The van der Waals surface area contributed by atoms with E-state index in [2.05, 4.69) is 24.1 Å². The maximum absolute atomic E-state index is 12.4. The summed E-state index contributed by atoms with van der Waals surface area (Å²) in [5.74, 6) is 1.91. The van der Waals surface area contributed by atoms with Crippen LogP contribution in [0.2, 0.25) is 0 Å². The number of guanidine groups is 1. The predicted molar refractivity (Wildman–Crippen MR) is 124 cm³/mol. The van der Waals surface area contributed by atoms with E-state index in [0.717, 1.165) is 55.7 Å². The van der Waals surface area contributed by atoms with Gasteiger partial charge in [-0.2, -0.15) is 0 Å². The lowest BCUT2D eigenvalue weighted by atomic mass is 10.00. The number of carbonyl (C=O) groups is 1. The highest BCUT2D eigenvalue weighted by Crippen LogP contribution is 2.16. The summed E-state index contributed by atoms with van der Waals surface area (Å²) in [6, 6.07) is 7.87. The number of aliphatic imine (C=N–C) groups is 1. The molecule has 27 heavy (non-hydrogen) atoms. The van der Waals surface area contributed by atoms with Crippen LogP contribution in [-0.2, 0) is 6.54 Å². The van der Waals surface area contributed by atoms with E-state index in [0.29, 0.717) is 6.54 Å². The van der Waals surface area contributed by atoms with Crippen LogP contribution < -0.4 is 5.32 Å². The van der Waals surface area contributed by atoms with Gasteiger partial charge in [0.25, 0.3) is 5.91 Å². The fourth-order valence-corrected chi connectivity index (χ4v) is 3.26. The standard InChI is InChI=1S/C21H34N4O.HI/c1-5-22-21(25-14-12-17(4)13-15-25)23-16-18-8-10-19(11-9-18)20(26)24(6-2)7-3;/h8-11,17H,5-7,12-16H2,1-4H3,(H,22,23);1H. The number of nitrogens with one attached hydrogen (secondary N) is 1. The molecule has 1 aliphatic heterocycles. The third kappa shape index (κ3) is 6.97. The molecule has 1 heterocycles. The van der Waals surface area contributed by atoms with E-state index >= 15 is 0 Å². The van der Waals surface area contributed by atoms with Crippen molar-refractivity contribution in [1.82, 2.24) is 15.1 Å². The summed E-state index contributed by atoms with van der Waals surface area (Å²) in [5.41, 5.74) is 1.88. The van der Waals surface area contributed by atoms with Gasteiger partial charge >= 0.3 is 0 Å². The average Bonchev–Trinajstić information content (AvgIpc) is 2.67. The van der Waals surface area contributed by atoms with E-state index in [4.69, 9.17) is 4.99 Å². The van der Waals surface area contributed by atoms with Crippen LogP contribution in [0.3, 0.4) is 0 Å². The number of carbonyl (C=O) groups excluding carboxylic acids is 1. The zero-order valence-corrected chi connectivity index (χ0v) is 19.5. The van der Waals surface area contributed by atoms with E-state index in [9.17, 15) is 4.79 Å². The first kappa shape index (κ1) is 23.7. The Hall–Kier alpha value is -1.31. The minimum atomic E-state index is 0. The lowest BCUT2D eigenvalue weighted by molar-refractivity contribution is 0.0773. The monoisotopic (exact) mass is 486 g/mol. The third-order valence-electron chi connectivity index (χ3n) is 5.08. The summed E-state index contributed by atoms with van der Waals surface area (Å²) in [7, 11) is 0. The van der Waals surface area contributed by atoms with E-state index in [-0.39, 0.29) is 29.9 Å². The number of hydrogen-bond acceptors (Lipinski definition) is 2. The normalized spacial score (nSPS) is 15.3. The van der Waals surface area contributed by atoms with Gasteiger partial charge in [0, 0.05) is 38.3 Å². The number of halogens is 1. The second-order valence-electron chi connectivity index (χ2n) is 7.01. The van der Waals surface area contributed by atoms with Gasteiger partial charge in [-0.3, -0.25) is 4.79 Å². The number of benzene rings is 1.